The van der Waals surface area contributed by atoms with Crippen molar-refractivity contribution in [2.75, 3.05) is 32.1 Å². The maximum Gasteiger partial charge on any atom is 0.322 e. The maximum absolute atomic E-state index is 13.2. The third-order valence-corrected chi connectivity index (χ3v) is 5.26. The number of hydrogen-bond acceptors (Lipinski definition) is 5. The van der Waals surface area contributed by atoms with Crippen molar-refractivity contribution < 1.29 is 23.5 Å². The first-order valence-corrected chi connectivity index (χ1v) is 10.6. The van der Waals surface area contributed by atoms with Crippen molar-refractivity contribution in [3.63, 3.8) is 0 Å². The summed E-state index contributed by atoms with van der Waals surface area (Å²) < 4.78 is 16.3. The Morgan fingerprint density at radius 3 is 2.58 bits per heavy atom. The first-order chi connectivity index (χ1) is 15.0. The van der Waals surface area contributed by atoms with Gasteiger partial charge in [0, 0.05) is 24.9 Å². The Kier molecular flexibility index (Phi) is 7.94. The Hall–Kier alpha value is -3.00. The van der Waals surface area contributed by atoms with Gasteiger partial charge in [0.05, 0.1) is 26.0 Å². The number of nitrogens with zero attached hydrogens (tertiary/aromatic N) is 2. The van der Waals surface area contributed by atoms with Crippen LogP contribution in [0.5, 0.6) is 5.75 Å². The molecular weight excluding hydrogens is 398 g/mol. The van der Waals surface area contributed by atoms with E-state index >= 15 is 0 Å². The van der Waals surface area contributed by atoms with Crippen LogP contribution in [0, 0.1) is 0 Å². The number of ether oxygens (including phenoxy) is 2. The number of benzene rings is 1. The maximum atomic E-state index is 13.2. The molecule has 31 heavy (non-hydrogen) atoms. The van der Waals surface area contributed by atoms with Crippen LogP contribution in [0.3, 0.4) is 0 Å². The third-order valence-electron chi connectivity index (χ3n) is 5.26. The van der Waals surface area contributed by atoms with E-state index in [1.807, 2.05) is 19.9 Å². The molecule has 0 aliphatic carbocycles. The molecule has 1 aromatic heterocycles. The van der Waals surface area contributed by atoms with Gasteiger partial charge in [0.25, 0.3) is 0 Å². The molecule has 8 nitrogen and oxygen atoms in total. The number of methoxy groups -OCH3 is 1. The van der Waals surface area contributed by atoms with Gasteiger partial charge in [-0.2, -0.15) is 0 Å². The number of nitrogens with one attached hydrogen (secondary N) is 1. The molecule has 0 bridgehead atoms. The zero-order valence-corrected chi connectivity index (χ0v) is 18.4. The fraction of sp³-hybridized carbons (Fsp3) is 0.478. The molecule has 1 N–H and O–H groups in total. The molecule has 1 aliphatic heterocycles. The molecule has 0 unspecified atom stereocenters. The Labute approximate surface area is 183 Å². The van der Waals surface area contributed by atoms with Gasteiger partial charge in [-0.25, -0.2) is 4.79 Å². The van der Waals surface area contributed by atoms with Crippen LogP contribution in [-0.4, -0.2) is 60.7 Å². The van der Waals surface area contributed by atoms with Gasteiger partial charge >= 0.3 is 6.03 Å². The van der Waals surface area contributed by atoms with E-state index in [1.54, 1.807) is 48.6 Å². The summed E-state index contributed by atoms with van der Waals surface area (Å²) in [5, 5.41) is 2.86. The number of rotatable bonds is 9. The van der Waals surface area contributed by atoms with Crippen molar-refractivity contribution in [1.29, 1.82) is 0 Å². The summed E-state index contributed by atoms with van der Waals surface area (Å²) in [4.78, 5) is 29.3. The predicted octanol–water partition coefficient (Wildman–Crippen LogP) is 3.74. The quantitative estimate of drug-likeness (QED) is 0.656. The molecule has 1 atom stereocenters. The van der Waals surface area contributed by atoms with Crippen molar-refractivity contribution >= 4 is 17.6 Å². The average molecular weight is 430 g/mol. The van der Waals surface area contributed by atoms with Crippen LogP contribution in [0.4, 0.5) is 10.5 Å². The highest BCUT2D eigenvalue weighted by Crippen LogP contribution is 2.18. The summed E-state index contributed by atoms with van der Waals surface area (Å²) in [6.45, 7) is 5.28. The van der Waals surface area contributed by atoms with Crippen molar-refractivity contribution in [2.45, 2.75) is 45.4 Å². The SMILES string of the molecule is COc1ccc(NC(=O)N(CC(=O)N(Cc2ccco2)C[C@@H]2CCCO2)C(C)C)cc1. The van der Waals surface area contributed by atoms with E-state index in [9.17, 15) is 9.59 Å². The molecule has 1 saturated heterocycles. The van der Waals surface area contributed by atoms with E-state index in [0.29, 0.717) is 30.3 Å². The van der Waals surface area contributed by atoms with Gasteiger partial charge in [0.1, 0.15) is 18.1 Å². The van der Waals surface area contributed by atoms with Gasteiger partial charge in [-0.1, -0.05) is 0 Å². The number of carbonyl (C=O) groups is 2. The lowest BCUT2D eigenvalue weighted by molar-refractivity contribution is -0.134. The van der Waals surface area contributed by atoms with Crippen LogP contribution in [-0.2, 0) is 16.1 Å². The fourth-order valence-corrected chi connectivity index (χ4v) is 3.48. The Morgan fingerprint density at radius 1 is 1.23 bits per heavy atom. The number of anilines is 1. The molecule has 3 amide bonds. The van der Waals surface area contributed by atoms with Crippen LogP contribution in [0.1, 0.15) is 32.4 Å². The minimum absolute atomic E-state index is 0.0135. The molecule has 168 valence electrons. The molecule has 1 fully saturated rings. The molecule has 0 spiro atoms. The topological polar surface area (TPSA) is 84.3 Å². The lowest BCUT2D eigenvalue weighted by Crippen LogP contribution is -2.48. The zero-order valence-electron chi connectivity index (χ0n) is 18.4. The standard InChI is InChI=1S/C23H31N3O5/c1-17(2)26(23(28)24-18-8-10-19(29-3)11-9-18)16-22(27)25(14-20-6-4-12-30-20)15-21-7-5-13-31-21/h4,6,8-12,17,21H,5,7,13-16H2,1-3H3,(H,24,28)/t21-/m0/s1. The number of urea groups is 1. The second-order valence-corrected chi connectivity index (χ2v) is 7.87. The zero-order chi connectivity index (χ0) is 22.2. The lowest BCUT2D eigenvalue weighted by atomic mass is 10.2. The molecule has 0 saturated carbocycles. The summed E-state index contributed by atoms with van der Waals surface area (Å²) >= 11 is 0. The van der Waals surface area contributed by atoms with Crippen molar-refractivity contribution in [3.8, 4) is 5.75 Å². The van der Waals surface area contributed by atoms with E-state index in [1.165, 1.54) is 4.90 Å². The summed E-state index contributed by atoms with van der Waals surface area (Å²) in [5.74, 6) is 1.26. The first kappa shape index (κ1) is 22.7. The second-order valence-electron chi connectivity index (χ2n) is 7.87. The van der Waals surface area contributed by atoms with E-state index in [4.69, 9.17) is 13.9 Å². The minimum atomic E-state index is -0.330. The molecule has 2 heterocycles. The number of furan rings is 1. The van der Waals surface area contributed by atoms with E-state index < -0.39 is 0 Å². The summed E-state index contributed by atoms with van der Waals surface area (Å²) in [5.41, 5.74) is 0.635. The molecule has 8 heteroatoms. The summed E-state index contributed by atoms with van der Waals surface area (Å²) in [7, 11) is 1.59. The van der Waals surface area contributed by atoms with Crippen molar-refractivity contribution in [2.24, 2.45) is 0 Å². The number of hydrogen-bond donors (Lipinski definition) is 1. The van der Waals surface area contributed by atoms with Gasteiger partial charge in [-0.3, -0.25) is 4.79 Å². The molecule has 2 aromatic rings. The van der Waals surface area contributed by atoms with Gasteiger partial charge in [-0.15, -0.1) is 0 Å². The predicted molar refractivity (Wildman–Crippen MR) is 117 cm³/mol. The van der Waals surface area contributed by atoms with Gasteiger partial charge in [-0.05, 0) is 63.1 Å². The Bertz CT molecular complexity index is 829. The number of amides is 3. The van der Waals surface area contributed by atoms with Gasteiger partial charge in [0.2, 0.25) is 5.91 Å². The van der Waals surface area contributed by atoms with Crippen LogP contribution in [0.25, 0.3) is 0 Å². The van der Waals surface area contributed by atoms with Gasteiger partial charge < -0.3 is 29.0 Å². The summed E-state index contributed by atoms with van der Waals surface area (Å²) in [6, 6.07) is 10.2. The fourth-order valence-electron chi connectivity index (χ4n) is 3.48. The van der Waals surface area contributed by atoms with Crippen LogP contribution < -0.4 is 10.1 Å². The van der Waals surface area contributed by atoms with E-state index in [-0.39, 0.29) is 30.6 Å². The smallest absolute Gasteiger partial charge is 0.322 e. The normalized spacial score (nSPS) is 15.7. The van der Waals surface area contributed by atoms with Crippen molar-refractivity contribution in [1.82, 2.24) is 9.80 Å². The third kappa shape index (κ3) is 6.49. The summed E-state index contributed by atoms with van der Waals surface area (Å²) in [6.07, 6.45) is 3.52. The van der Waals surface area contributed by atoms with Gasteiger partial charge in [0.15, 0.2) is 0 Å². The average Bonchev–Trinajstić information content (AvgIpc) is 3.46. The van der Waals surface area contributed by atoms with Crippen LogP contribution in [0.15, 0.2) is 47.1 Å². The molecule has 1 aliphatic rings. The number of carbonyl (C=O) groups excluding carboxylic acids is 2. The van der Waals surface area contributed by atoms with Crippen molar-refractivity contribution in [3.05, 3.63) is 48.4 Å². The highest BCUT2D eigenvalue weighted by Gasteiger charge is 2.27. The Morgan fingerprint density at radius 2 is 2.00 bits per heavy atom. The monoisotopic (exact) mass is 429 g/mol. The Balaban J connectivity index is 1.67. The molecule has 3 rings (SSSR count). The van der Waals surface area contributed by atoms with Crippen LogP contribution in [0.2, 0.25) is 0 Å². The highest BCUT2D eigenvalue weighted by atomic mass is 16.5. The second kappa shape index (κ2) is 10.9. The van der Waals surface area contributed by atoms with Crippen LogP contribution >= 0.6 is 0 Å². The molecular formula is C23H31N3O5. The molecule has 1 aromatic carbocycles. The lowest BCUT2D eigenvalue weighted by Gasteiger charge is -2.30. The van der Waals surface area contributed by atoms with E-state index in [0.717, 1.165) is 19.4 Å². The van der Waals surface area contributed by atoms with E-state index in [2.05, 4.69) is 5.32 Å². The first-order valence-electron chi connectivity index (χ1n) is 10.6. The highest BCUT2D eigenvalue weighted by molar-refractivity contribution is 5.92. The minimum Gasteiger partial charge on any atom is -0.497 e. The largest absolute Gasteiger partial charge is 0.497 e. The molecule has 0 radical (unpaired) electrons.